The van der Waals surface area contributed by atoms with E-state index >= 15 is 0 Å². The molecule has 1 heterocycles. The predicted octanol–water partition coefficient (Wildman–Crippen LogP) is 5.87. The van der Waals surface area contributed by atoms with E-state index < -0.39 is 0 Å². The summed E-state index contributed by atoms with van der Waals surface area (Å²) in [5.74, 6) is 1.98. The lowest BCUT2D eigenvalue weighted by molar-refractivity contribution is 0.0953. The van der Waals surface area contributed by atoms with Crippen molar-refractivity contribution >= 4 is 16.9 Å². The van der Waals surface area contributed by atoms with Gasteiger partial charge in [0.05, 0.1) is 17.6 Å². The van der Waals surface area contributed by atoms with Crippen molar-refractivity contribution in [2.24, 2.45) is 0 Å². The van der Waals surface area contributed by atoms with Crippen molar-refractivity contribution in [3.63, 3.8) is 0 Å². The van der Waals surface area contributed by atoms with Gasteiger partial charge in [-0.15, -0.1) is 0 Å². The average Bonchev–Trinajstić information content (AvgIpc) is 3.20. The molecule has 4 aromatic rings. The number of amides is 1. The van der Waals surface area contributed by atoms with E-state index in [0.29, 0.717) is 18.7 Å². The first-order valence-corrected chi connectivity index (χ1v) is 12.1. The van der Waals surface area contributed by atoms with Gasteiger partial charge < -0.3 is 14.6 Å². The summed E-state index contributed by atoms with van der Waals surface area (Å²) in [5.41, 5.74) is 5.27. The fraction of sp³-hybridized carbons (Fsp3) is 0.310. The Morgan fingerprint density at radius 1 is 0.882 bits per heavy atom. The third-order valence-corrected chi connectivity index (χ3v) is 6.01. The number of unbranched alkanes of at least 4 members (excludes halogenated alkanes) is 2. The van der Waals surface area contributed by atoms with Gasteiger partial charge in [0.1, 0.15) is 18.2 Å². The van der Waals surface area contributed by atoms with Crippen molar-refractivity contribution in [2.75, 3.05) is 13.2 Å². The summed E-state index contributed by atoms with van der Waals surface area (Å²) < 4.78 is 8.25. The molecular weight excluding hydrogens is 422 g/mol. The highest BCUT2D eigenvalue weighted by molar-refractivity contribution is 5.94. The molecule has 0 spiro atoms. The molecule has 0 fully saturated rings. The molecule has 0 unspecified atom stereocenters. The van der Waals surface area contributed by atoms with Crippen molar-refractivity contribution < 1.29 is 9.53 Å². The van der Waals surface area contributed by atoms with Crippen LogP contribution < -0.4 is 10.1 Å². The Morgan fingerprint density at radius 3 is 2.35 bits per heavy atom. The van der Waals surface area contributed by atoms with Crippen LogP contribution >= 0.6 is 0 Å². The normalized spacial score (nSPS) is 11.0. The zero-order valence-corrected chi connectivity index (χ0v) is 20.1. The van der Waals surface area contributed by atoms with Crippen molar-refractivity contribution in [1.29, 1.82) is 0 Å². The molecule has 5 heteroatoms. The number of imidazole rings is 1. The number of aryl methyl sites for hydroxylation is 3. The first kappa shape index (κ1) is 23.6. The van der Waals surface area contributed by atoms with E-state index in [2.05, 4.69) is 47.1 Å². The zero-order valence-electron chi connectivity index (χ0n) is 20.1. The Balaban J connectivity index is 1.26. The molecule has 0 bridgehead atoms. The van der Waals surface area contributed by atoms with E-state index in [0.717, 1.165) is 60.4 Å². The summed E-state index contributed by atoms with van der Waals surface area (Å²) >= 11 is 0. The number of nitrogens with one attached hydrogen (secondary N) is 1. The maximum absolute atomic E-state index is 12.2. The standard InChI is InChI=1S/C29H33N3O2/c1-22-11-15-24(16-12-22)29(33)30-19-7-3-4-10-28-31-26-8-5-6-9-27(26)32(28)20-21-34-25-17-13-23(2)14-18-25/h5-6,8-9,11-18H,3-4,7,10,19-21H2,1-2H3,(H,30,33). The second-order valence-electron chi connectivity index (χ2n) is 8.76. The number of carbonyl (C=O) groups is 1. The molecule has 176 valence electrons. The van der Waals surface area contributed by atoms with Gasteiger partial charge in [0, 0.05) is 18.5 Å². The summed E-state index contributed by atoms with van der Waals surface area (Å²) in [6, 6.07) is 24.1. The van der Waals surface area contributed by atoms with Gasteiger partial charge in [0.25, 0.3) is 5.91 Å². The van der Waals surface area contributed by atoms with E-state index in [-0.39, 0.29) is 5.91 Å². The first-order chi connectivity index (χ1) is 16.6. The van der Waals surface area contributed by atoms with Crippen LogP contribution in [0.15, 0.2) is 72.8 Å². The van der Waals surface area contributed by atoms with Crippen LogP contribution in [0.2, 0.25) is 0 Å². The van der Waals surface area contributed by atoms with Gasteiger partial charge >= 0.3 is 0 Å². The van der Waals surface area contributed by atoms with E-state index in [1.54, 1.807) is 0 Å². The number of hydrogen-bond acceptors (Lipinski definition) is 3. The lowest BCUT2D eigenvalue weighted by Gasteiger charge is -2.11. The van der Waals surface area contributed by atoms with Gasteiger partial charge in [0.2, 0.25) is 0 Å². The van der Waals surface area contributed by atoms with Crippen LogP contribution in [0.25, 0.3) is 11.0 Å². The van der Waals surface area contributed by atoms with Crippen molar-refractivity contribution in [3.8, 4) is 5.75 Å². The largest absolute Gasteiger partial charge is 0.492 e. The van der Waals surface area contributed by atoms with Gasteiger partial charge in [-0.3, -0.25) is 4.79 Å². The van der Waals surface area contributed by atoms with E-state index in [4.69, 9.17) is 9.72 Å². The molecule has 1 aromatic heterocycles. The van der Waals surface area contributed by atoms with Gasteiger partial charge in [0.15, 0.2) is 0 Å². The zero-order chi connectivity index (χ0) is 23.8. The van der Waals surface area contributed by atoms with Crippen molar-refractivity contribution in [2.45, 2.75) is 46.1 Å². The van der Waals surface area contributed by atoms with Gasteiger partial charge in [-0.05, 0) is 63.1 Å². The minimum absolute atomic E-state index is 0.00429. The lowest BCUT2D eigenvalue weighted by atomic mass is 10.1. The highest BCUT2D eigenvalue weighted by Crippen LogP contribution is 2.19. The minimum atomic E-state index is -0.00429. The molecule has 0 saturated carbocycles. The molecule has 0 saturated heterocycles. The van der Waals surface area contributed by atoms with Crippen molar-refractivity contribution in [1.82, 2.24) is 14.9 Å². The number of para-hydroxylation sites is 2. The lowest BCUT2D eigenvalue weighted by Crippen LogP contribution is -2.24. The van der Waals surface area contributed by atoms with Crippen LogP contribution in [0.4, 0.5) is 0 Å². The number of nitrogens with zero attached hydrogens (tertiary/aromatic N) is 2. The van der Waals surface area contributed by atoms with Crippen LogP contribution in [-0.2, 0) is 13.0 Å². The quantitative estimate of drug-likeness (QED) is 0.288. The fourth-order valence-corrected chi connectivity index (χ4v) is 4.05. The summed E-state index contributed by atoms with van der Waals surface area (Å²) in [5, 5.41) is 3.02. The summed E-state index contributed by atoms with van der Waals surface area (Å²) in [6.45, 7) is 6.14. The minimum Gasteiger partial charge on any atom is -0.492 e. The van der Waals surface area contributed by atoms with Gasteiger partial charge in [-0.25, -0.2) is 4.98 Å². The summed E-state index contributed by atoms with van der Waals surface area (Å²) in [6.07, 6.45) is 3.93. The Kier molecular flexibility index (Phi) is 7.97. The molecule has 0 radical (unpaired) electrons. The van der Waals surface area contributed by atoms with E-state index in [9.17, 15) is 4.79 Å². The topological polar surface area (TPSA) is 56.1 Å². The Bertz CT molecular complexity index is 1210. The van der Waals surface area contributed by atoms with Crippen molar-refractivity contribution in [3.05, 3.63) is 95.3 Å². The third kappa shape index (κ3) is 6.25. The van der Waals surface area contributed by atoms with Gasteiger partial charge in [-0.2, -0.15) is 0 Å². The van der Waals surface area contributed by atoms with Crippen LogP contribution in [0.3, 0.4) is 0 Å². The SMILES string of the molecule is Cc1ccc(OCCn2c(CCCCCNC(=O)c3ccc(C)cc3)nc3ccccc32)cc1. The number of benzene rings is 3. The van der Waals surface area contributed by atoms with E-state index in [1.807, 2.05) is 49.4 Å². The molecule has 3 aromatic carbocycles. The third-order valence-electron chi connectivity index (χ3n) is 6.01. The second-order valence-corrected chi connectivity index (χ2v) is 8.76. The van der Waals surface area contributed by atoms with Gasteiger partial charge in [-0.1, -0.05) is 53.9 Å². The molecule has 0 aliphatic rings. The second kappa shape index (κ2) is 11.5. The van der Waals surface area contributed by atoms with E-state index in [1.165, 1.54) is 5.56 Å². The fourth-order valence-electron chi connectivity index (χ4n) is 4.05. The number of ether oxygens (including phenoxy) is 1. The van der Waals surface area contributed by atoms with Crippen LogP contribution in [0, 0.1) is 13.8 Å². The molecule has 5 nitrogen and oxygen atoms in total. The van der Waals surface area contributed by atoms with Crippen LogP contribution in [0.5, 0.6) is 5.75 Å². The maximum atomic E-state index is 12.2. The molecule has 4 rings (SSSR count). The summed E-state index contributed by atoms with van der Waals surface area (Å²) in [4.78, 5) is 17.1. The molecule has 0 aliphatic heterocycles. The number of aromatic nitrogens is 2. The average molecular weight is 456 g/mol. The molecule has 1 amide bonds. The number of fused-ring (bicyclic) bond motifs is 1. The molecule has 34 heavy (non-hydrogen) atoms. The molecule has 0 aliphatic carbocycles. The highest BCUT2D eigenvalue weighted by Gasteiger charge is 2.11. The molecule has 0 atom stereocenters. The monoisotopic (exact) mass is 455 g/mol. The Hall–Kier alpha value is -3.60. The van der Waals surface area contributed by atoms with Crippen LogP contribution in [0.1, 0.15) is 46.6 Å². The molecular formula is C29H33N3O2. The Labute approximate surface area is 201 Å². The maximum Gasteiger partial charge on any atom is 0.251 e. The number of hydrogen-bond donors (Lipinski definition) is 1. The van der Waals surface area contributed by atoms with Crippen LogP contribution in [-0.4, -0.2) is 28.6 Å². The first-order valence-electron chi connectivity index (χ1n) is 12.1. The summed E-state index contributed by atoms with van der Waals surface area (Å²) in [7, 11) is 0. The highest BCUT2D eigenvalue weighted by atomic mass is 16.5. The smallest absolute Gasteiger partial charge is 0.251 e. The number of rotatable bonds is 11. The number of carbonyl (C=O) groups excluding carboxylic acids is 1. The molecule has 1 N–H and O–H groups in total. The predicted molar refractivity (Wildman–Crippen MR) is 137 cm³/mol. The Morgan fingerprint density at radius 2 is 1.59 bits per heavy atom.